The lowest BCUT2D eigenvalue weighted by Crippen LogP contribution is -2.41. The number of hydrogen-bond donors (Lipinski definition) is 2. The summed E-state index contributed by atoms with van der Waals surface area (Å²) in [5.74, 6) is 0. The lowest BCUT2D eigenvalue weighted by atomic mass is 10.0. The predicted molar refractivity (Wildman–Crippen MR) is 94.2 cm³/mol. The van der Waals surface area contributed by atoms with E-state index in [2.05, 4.69) is 35.8 Å². The summed E-state index contributed by atoms with van der Waals surface area (Å²) in [5, 5.41) is 5.67. The molecule has 1 heterocycles. The zero-order valence-corrected chi connectivity index (χ0v) is 13.7. The normalized spacial score (nSPS) is 17.3. The Bertz CT molecular complexity index is 697. The highest BCUT2D eigenvalue weighted by Gasteiger charge is 2.15. The van der Waals surface area contributed by atoms with Crippen LogP contribution in [-0.2, 0) is 9.47 Å². The lowest BCUT2D eigenvalue weighted by molar-refractivity contribution is -0.0852. The largest absolute Gasteiger partial charge is 0.376 e. The highest BCUT2D eigenvalue weighted by Crippen LogP contribution is 2.23. The Kier molecular flexibility index (Phi) is 5.46. The molecule has 3 rings (SSSR count). The van der Waals surface area contributed by atoms with Crippen LogP contribution in [-0.4, -0.2) is 38.5 Å². The zero-order chi connectivity index (χ0) is 16.8. The molecule has 0 aliphatic carbocycles. The van der Waals surface area contributed by atoms with E-state index in [9.17, 15) is 4.79 Å². The second kappa shape index (κ2) is 7.95. The van der Waals surface area contributed by atoms with E-state index in [0.717, 1.165) is 16.8 Å². The van der Waals surface area contributed by atoms with Crippen LogP contribution in [0.1, 0.15) is 5.56 Å². The molecule has 0 aromatic heterocycles. The lowest BCUT2D eigenvalue weighted by Gasteiger charge is -2.23. The van der Waals surface area contributed by atoms with E-state index >= 15 is 0 Å². The Hall–Kier alpha value is -2.37. The molecule has 0 bridgehead atoms. The Balaban J connectivity index is 1.58. The molecule has 2 aromatic rings. The molecule has 1 aliphatic heterocycles. The summed E-state index contributed by atoms with van der Waals surface area (Å²) in [6.07, 6.45) is -0.0804. The smallest absolute Gasteiger partial charge is 0.319 e. The van der Waals surface area contributed by atoms with E-state index in [1.54, 1.807) is 0 Å². The molecule has 1 atom stereocenters. The topological polar surface area (TPSA) is 59.6 Å². The molecule has 2 N–H and O–H groups in total. The molecule has 1 saturated heterocycles. The molecule has 24 heavy (non-hydrogen) atoms. The fourth-order valence-corrected chi connectivity index (χ4v) is 2.64. The van der Waals surface area contributed by atoms with Gasteiger partial charge in [-0.3, -0.25) is 0 Å². The number of rotatable bonds is 4. The van der Waals surface area contributed by atoms with Crippen LogP contribution in [0.5, 0.6) is 0 Å². The molecule has 0 radical (unpaired) electrons. The quantitative estimate of drug-likeness (QED) is 0.907. The minimum Gasteiger partial charge on any atom is -0.376 e. The van der Waals surface area contributed by atoms with Gasteiger partial charge in [-0.2, -0.15) is 0 Å². The molecule has 126 valence electrons. The molecule has 0 unspecified atom stereocenters. The van der Waals surface area contributed by atoms with Crippen LogP contribution in [0.15, 0.2) is 48.5 Å². The van der Waals surface area contributed by atoms with Gasteiger partial charge in [-0.15, -0.1) is 0 Å². The third kappa shape index (κ3) is 4.57. The zero-order valence-electron chi connectivity index (χ0n) is 13.7. The number of aryl methyl sites for hydroxylation is 1. The molecule has 1 aliphatic rings. The highest BCUT2D eigenvalue weighted by molar-refractivity contribution is 5.90. The first-order chi connectivity index (χ1) is 11.7. The summed E-state index contributed by atoms with van der Waals surface area (Å²) in [4.78, 5) is 12.0. The number of amides is 2. The van der Waals surface area contributed by atoms with Gasteiger partial charge in [0.05, 0.1) is 25.9 Å². The predicted octanol–water partition coefficient (Wildman–Crippen LogP) is 3.20. The number of benzene rings is 2. The number of nitrogens with one attached hydrogen (secondary N) is 2. The maximum Gasteiger partial charge on any atom is 0.319 e. The Morgan fingerprint density at radius 1 is 1.12 bits per heavy atom. The van der Waals surface area contributed by atoms with Gasteiger partial charge in [0.1, 0.15) is 0 Å². The first-order valence-electron chi connectivity index (χ1n) is 8.12. The van der Waals surface area contributed by atoms with Gasteiger partial charge in [-0.05, 0) is 30.2 Å². The maximum atomic E-state index is 12.0. The molecule has 2 amide bonds. The standard InChI is InChI=1S/C19H22N2O3/c1-14-4-2-5-15(10-14)16-6-3-7-17(11-16)21-19(22)20-12-18-13-23-8-9-24-18/h2-7,10-11,18H,8-9,12-13H2,1H3,(H2,20,21,22)/t18-/m1/s1. The van der Waals surface area contributed by atoms with Gasteiger partial charge < -0.3 is 20.1 Å². The average Bonchev–Trinajstić information content (AvgIpc) is 2.61. The fraction of sp³-hybridized carbons (Fsp3) is 0.316. The van der Waals surface area contributed by atoms with Crippen molar-refractivity contribution in [2.24, 2.45) is 0 Å². The van der Waals surface area contributed by atoms with Gasteiger partial charge in [-0.25, -0.2) is 4.79 Å². The van der Waals surface area contributed by atoms with Crippen LogP contribution >= 0.6 is 0 Å². The second-order valence-corrected chi connectivity index (χ2v) is 5.85. The van der Waals surface area contributed by atoms with Gasteiger partial charge in [0.15, 0.2) is 0 Å². The van der Waals surface area contributed by atoms with Crippen LogP contribution in [0.4, 0.5) is 10.5 Å². The molecule has 0 spiro atoms. The van der Waals surface area contributed by atoms with Crippen LogP contribution in [0.3, 0.4) is 0 Å². The monoisotopic (exact) mass is 326 g/mol. The van der Waals surface area contributed by atoms with Crippen LogP contribution in [0, 0.1) is 6.92 Å². The molecule has 1 fully saturated rings. The number of hydrogen-bond acceptors (Lipinski definition) is 3. The summed E-state index contributed by atoms with van der Waals surface area (Å²) < 4.78 is 10.8. The fourth-order valence-electron chi connectivity index (χ4n) is 2.64. The summed E-state index contributed by atoms with van der Waals surface area (Å²) in [5.41, 5.74) is 4.16. The molecule has 0 saturated carbocycles. The maximum absolute atomic E-state index is 12.0. The van der Waals surface area contributed by atoms with Crippen molar-refractivity contribution in [2.75, 3.05) is 31.7 Å². The van der Waals surface area contributed by atoms with Gasteiger partial charge in [0.25, 0.3) is 0 Å². The van der Waals surface area contributed by atoms with Crippen LogP contribution in [0.2, 0.25) is 0 Å². The van der Waals surface area contributed by atoms with E-state index in [1.807, 2.05) is 30.3 Å². The molecule has 5 heteroatoms. The first kappa shape index (κ1) is 16.5. The highest BCUT2D eigenvalue weighted by atomic mass is 16.6. The van der Waals surface area contributed by atoms with Crippen molar-refractivity contribution in [3.63, 3.8) is 0 Å². The van der Waals surface area contributed by atoms with Crippen molar-refractivity contribution >= 4 is 11.7 Å². The summed E-state index contributed by atoms with van der Waals surface area (Å²) in [6.45, 7) is 4.21. The molecular weight excluding hydrogens is 304 g/mol. The van der Waals surface area contributed by atoms with E-state index in [0.29, 0.717) is 26.4 Å². The first-order valence-corrected chi connectivity index (χ1v) is 8.12. The summed E-state index contributed by atoms with van der Waals surface area (Å²) >= 11 is 0. The van der Waals surface area contributed by atoms with Crippen molar-refractivity contribution in [3.8, 4) is 11.1 Å². The van der Waals surface area contributed by atoms with Crippen molar-refractivity contribution < 1.29 is 14.3 Å². The third-order valence-electron chi connectivity index (χ3n) is 3.85. The number of carbonyl (C=O) groups is 1. The summed E-state index contributed by atoms with van der Waals surface area (Å²) in [6, 6.07) is 15.8. The van der Waals surface area contributed by atoms with Gasteiger partial charge in [0.2, 0.25) is 0 Å². The SMILES string of the molecule is Cc1cccc(-c2cccc(NC(=O)NC[C@@H]3COCCO3)c2)c1. The molecule has 5 nitrogen and oxygen atoms in total. The molecular formula is C19H22N2O3. The van der Waals surface area contributed by atoms with Gasteiger partial charge in [0, 0.05) is 12.2 Å². The minimum absolute atomic E-state index is 0.0804. The number of anilines is 1. The summed E-state index contributed by atoms with van der Waals surface area (Å²) in [7, 11) is 0. The van der Waals surface area contributed by atoms with Gasteiger partial charge in [-0.1, -0.05) is 42.0 Å². The Morgan fingerprint density at radius 2 is 1.92 bits per heavy atom. The van der Waals surface area contributed by atoms with Crippen molar-refractivity contribution in [3.05, 3.63) is 54.1 Å². The van der Waals surface area contributed by atoms with Crippen LogP contribution < -0.4 is 10.6 Å². The van der Waals surface area contributed by atoms with Crippen LogP contribution in [0.25, 0.3) is 11.1 Å². The van der Waals surface area contributed by atoms with Gasteiger partial charge >= 0.3 is 6.03 Å². The van der Waals surface area contributed by atoms with Crippen molar-refractivity contribution in [2.45, 2.75) is 13.0 Å². The van der Waals surface area contributed by atoms with E-state index in [4.69, 9.17) is 9.47 Å². The average molecular weight is 326 g/mol. The Morgan fingerprint density at radius 3 is 2.67 bits per heavy atom. The third-order valence-corrected chi connectivity index (χ3v) is 3.85. The number of carbonyl (C=O) groups excluding carboxylic acids is 1. The minimum atomic E-state index is -0.245. The van der Waals surface area contributed by atoms with E-state index in [-0.39, 0.29) is 12.1 Å². The van der Waals surface area contributed by atoms with Crippen molar-refractivity contribution in [1.29, 1.82) is 0 Å². The van der Waals surface area contributed by atoms with E-state index < -0.39 is 0 Å². The second-order valence-electron chi connectivity index (χ2n) is 5.85. The number of urea groups is 1. The Labute approximate surface area is 142 Å². The van der Waals surface area contributed by atoms with E-state index in [1.165, 1.54) is 5.56 Å². The number of ether oxygens (including phenoxy) is 2. The molecule has 2 aromatic carbocycles. The van der Waals surface area contributed by atoms with Crippen molar-refractivity contribution in [1.82, 2.24) is 5.32 Å².